The molecule has 106 valence electrons. The fourth-order valence-electron chi connectivity index (χ4n) is 2.23. The summed E-state index contributed by atoms with van der Waals surface area (Å²) in [7, 11) is 0. The molecule has 0 radical (unpaired) electrons. The molecule has 5 heteroatoms. The van der Waals surface area contributed by atoms with Crippen molar-refractivity contribution in [2.75, 3.05) is 37.7 Å². The Morgan fingerprint density at radius 1 is 1.42 bits per heavy atom. The minimum atomic E-state index is -0.149. The van der Waals surface area contributed by atoms with E-state index in [-0.39, 0.29) is 11.9 Å². The molecule has 1 atom stereocenters. The van der Waals surface area contributed by atoms with Gasteiger partial charge in [-0.1, -0.05) is 22.0 Å². The van der Waals surface area contributed by atoms with Crippen LogP contribution >= 0.6 is 27.7 Å². The van der Waals surface area contributed by atoms with E-state index in [1.807, 2.05) is 30.8 Å². The van der Waals surface area contributed by atoms with Crippen LogP contribution in [0.1, 0.15) is 18.5 Å². The number of hydrogen-bond donors (Lipinski definition) is 1. The van der Waals surface area contributed by atoms with Crippen LogP contribution in [0, 0.1) is 5.82 Å². The molecule has 19 heavy (non-hydrogen) atoms. The lowest BCUT2D eigenvalue weighted by Gasteiger charge is -2.27. The molecule has 1 aliphatic rings. The summed E-state index contributed by atoms with van der Waals surface area (Å²) in [6.07, 6.45) is 0. The van der Waals surface area contributed by atoms with E-state index in [0.29, 0.717) is 0 Å². The molecule has 2 rings (SSSR count). The number of thioether (sulfide) groups is 1. The van der Waals surface area contributed by atoms with Gasteiger partial charge in [-0.3, -0.25) is 0 Å². The highest BCUT2D eigenvalue weighted by atomic mass is 79.9. The fraction of sp³-hybridized carbons (Fsp3) is 0.571. The molecule has 0 bridgehead atoms. The maximum absolute atomic E-state index is 13.8. The lowest BCUT2D eigenvalue weighted by atomic mass is 10.1. The molecular weight excluding hydrogens is 327 g/mol. The molecular formula is C14H20BrFN2S. The second-order valence-corrected chi connectivity index (χ2v) is 6.94. The Bertz CT molecular complexity index is 410. The Morgan fingerprint density at radius 2 is 2.16 bits per heavy atom. The predicted octanol–water partition coefficient (Wildman–Crippen LogP) is 3.29. The van der Waals surface area contributed by atoms with E-state index >= 15 is 0 Å². The third-order valence-corrected chi connectivity index (χ3v) is 4.85. The molecule has 1 saturated heterocycles. The lowest BCUT2D eigenvalue weighted by molar-refractivity contribution is 0.296. The lowest BCUT2D eigenvalue weighted by Crippen LogP contribution is -2.38. The van der Waals surface area contributed by atoms with Gasteiger partial charge in [-0.15, -0.1) is 0 Å². The van der Waals surface area contributed by atoms with Gasteiger partial charge in [0.15, 0.2) is 0 Å². The number of rotatable bonds is 5. The van der Waals surface area contributed by atoms with E-state index in [4.69, 9.17) is 0 Å². The first-order valence-corrected chi connectivity index (χ1v) is 8.60. The molecule has 0 spiro atoms. The first-order chi connectivity index (χ1) is 9.16. The molecule has 1 heterocycles. The van der Waals surface area contributed by atoms with Crippen molar-refractivity contribution in [2.24, 2.45) is 0 Å². The van der Waals surface area contributed by atoms with Crippen molar-refractivity contribution in [2.45, 2.75) is 13.0 Å². The highest BCUT2D eigenvalue weighted by Gasteiger charge is 2.13. The van der Waals surface area contributed by atoms with Crippen molar-refractivity contribution in [3.8, 4) is 0 Å². The molecule has 0 amide bonds. The number of benzene rings is 1. The van der Waals surface area contributed by atoms with Gasteiger partial charge in [-0.25, -0.2) is 4.39 Å². The van der Waals surface area contributed by atoms with Gasteiger partial charge in [0.1, 0.15) is 5.82 Å². The van der Waals surface area contributed by atoms with Crippen molar-refractivity contribution >= 4 is 27.7 Å². The van der Waals surface area contributed by atoms with Crippen LogP contribution in [0.4, 0.5) is 4.39 Å². The molecule has 0 aliphatic carbocycles. The van der Waals surface area contributed by atoms with Crippen molar-refractivity contribution in [1.29, 1.82) is 0 Å². The van der Waals surface area contributed by atoms with Crippen LogP contribution in [0.2, 0.25) is 0 Å². The summed E-state index contributed by atoms with van der Waals surface area (Å²) < 4.78 is 14.6. The summed E-state index contributed by atoms with van der Waals surface area (Å²) >= 11 is 5.30. The zero-order chi connectivity index (χ0) is 13.7. The summed E-state index contributed by atoms with van der Waals surface area (Å²) in [6.45, 7) is 6.31. The van der Waals surface area contributed by atoms with Crippen molar-refractivity contribution in [1.82, 2.24) is 10.2 Å². The van der Waals surface area contributed by atoms with E-state index in [1.54, 1.807) is 0 Å². The second kappa shape index (κ2) is 7.62. The van der Waals surface area contributed by atoms with Crippen molar-refractivity contribution < 1.29 is 4.39 Å². The van der Waals surface area contributed by atoms with E-state index in [9.17, 15) is 4.39 Å². The molecule has 2 nitrogen and oxygen atoms in total. The van der Waals surface area contributed by atoms with Crippen LogP contribution in [0.3, 0.4) is 0 Å². The Kier molecular flexibility index (Phi) is 6.13. The standard InChI is InChI=1S/C14H20BrFN2S/c1-11(13-3-2-12(15)10-14(13)16)17-4-5-18-6-8-19-9-7-18/h2-3,10-11,17H,4-9H2,1H3. The third-order valence-electron chi connectivity index (χ3n) is 3.41. The van der Waals surface area contributed by atoms with E-state index < -0.39 is 0 Å². The van der Waals surface area contributed by atoms with Gasteiger partial charge in [-0.05, 0) is 19.1 Å². The van der Waals surface area contributed by atoms with Gasteiger partial charge in [0.25, 0.3) is 0 Å². The Morgan fingerprint density at radius 3 is 2.84 bits per heavy atom. The Balaban J connectivity index is 1.78. The zero-order valence-corrected chi connectivity index (χ0v) is 13.6. The van der Waals surface area contributed by atoms with Crippen LogP contribution < -0.4 is 5.32 Å². The van der Waals surface area contributed by atoms with Gasteiger partial charge >= 0.3 is 0 Å². The minimum absolute atomic E-state index is 0.0484. The van der Waals surface area contributed by atoms with Crippen LogP contribution in [0.15, 0.2) is 22.7 Å². The summed E-state index contributed by atoms with van der Waals surface area (Å²) in [5.74, 6) is 2.32. The number of nitrogens with zero attached hydrogens (tertiary/aromatic N) is 1. The highest BCUT2D eigenvalue weighted by Crippen LogP contribution is 2.20. The Hall–Kier alpha value is -0.100. The smallest absolute Gasteiger partial charge is 0.129 e. The van der Waals surface area contributed by atoms with Crippen LogP contribution in [-0.2, 0) is 0 Å². The molecule has 1 aromatic rings. The maximum atomic E-state index is 13.8. The second-order valence-electron chi connectivity index (χ2n) is 4.80. The van der Waals surface area contributed by atoms with E-state index in [0.717, 1.165) is 23.1 Å². The molecule has 0 saturated carbocycles. The normalized spacial score (nSPS) is 18.5. The largest absolute Gasteiger partial charge is 0.309 e. The first-order valence-electron chi connectivity index (χ1n) is 6.65. The monoisotopic (exact) mass is 346 g/mol. The number of nitrogens with one attached hydrogen (secondary N) is 1. The average Bonchev–Trinajstić information content (AvgIpc) is 2.39. The Labute approximate surface area is 127 Å². The highest BCUT2D eigenvalue weighted by molar-refractivity contribution is 9.10. The van der Waals surface area contributed by atoms with Crippen LogP contribution in [0.25, 0.3) is 0 Å². The summed E-state index contributed by atoms with van der Waals surface area (Å²) in [4.78, 5) is 2.47. The van der Waals surface area contributed by atoms with E-state index in [2.05, 4.69) is 26.1 Å². The molecule has 1 N–H and O–H groups in total. The van der Waals surface area contributed by atoms with Crippen LogP contribution in [-0.4, -0.2) is 42.6 Å². The predicted molar refractivity (Wildman–Crippen MR) is 84.3 cm³/mol. The number of halogens is 2. The molecule has 0 aromatic heterocycles. The SMILES string of the molecule is CC(NCCN1CCSCC1)c1ccc(Br)cc1F. The fourth-order valence-corrected chi connectivity index (χ4v) is 3.54. The van der Waals surface area contributed by atoms with Gasteiger partial charge < -0.3 is 10.2 Å². The summed E-state index contributed by atoms with van der Waals surface area (Å²) in [5.41, 5.74) is 0.734. The molecule has 1 fully saturated rings. The third kappa shape index (κ3) is 4.74. The molecule has 1 aromatic carbocycles. The van der Waals surface area contributed by atoms with Gasteiger partial charge in [0.2, 0.25) is 0 Å². The van der Waals surface area contributed by atoms with E-state index in [1.165, 1.54) is 30.7 Å². The topological polar surface area (TPSA) is 15.3 Å². The quantitative estimate of drug-likeness (QED) is 0.880. The van der Waals surface area contributed by atoms with Gasteiger partial charge in [-0.2, -0.15) is 11.8 Å². The number of hydrogen-bond acceptors (Lipinski definition) is 3. The first kappa shape index (κ1) is 15.3. The van der Waals surface area contributed by atoms with Crippen molar-refractivity contribution in [3.63, 3.8) is 0 Å². The van der Waals surface area contributed by atoms with Gasteiger partial charge in [0, 0.05) is 53.8 Å². The van der Waals surface area contributed by atoms with Crippen molar-refractivity contribution in [3.05, 3.63) is 34.1 Å². The summed E-state index contributed by atoms with van der Waals surface area (Å²) in [6, 6.07) is 5.30. The van der Waals surface area contributed by atoms with Gasteiger partial charge in [0.05, 0.1) is 0 Å². The minimum Gasteiger partial charge on any atom is -0.309 e. The van der Waals surface area contributed by atoms with Crippen LogP contribution in [0.5, 0.6) is 0 Å². The molecule has 1 unspecified atom stereocenters. The maximum Gasteiger partial charge on any atom is 0.129 e. The average molecular weight is 347 g/mol. The zero-order valence-electron chi connectivity index (χ0n) is 11.2. The molecule has 1 aliphatic heterocycles. The summed E-state index contributed by atoms with van der Waals surface area (Å²) in [5, 5.41) is 3.40.